The van der Waals surface area contributed by atoms with Crippen LogP contribution in [0.2, 0.25) is 5.02 Å². The van der Waals surface area contributed by atoms with Crippen molar-refractivity contribution in [3.63, 3.8) is 0 Å². The lowest BCUT2D eigenvalue weighted by molar-refractivity contribution is 0.562. The third kappa shape index (κ3) is 2.36. The van der Waals surface area contributed by atoms with E-state index in [4.69, 9.17) is 16.0 Å². The van der Waals surface area contributed by atoms with Gasteiger partial charge in [0.05, 0.1) is 23.6 Å². The maximum Gasteiger partial charge on any atom is 0.141 e. The van der Waals surface area contributed by atoms with E-state index < -0.39 is 5.82 Å². The summed E-state index contributed by atoms with van der Waals surface area (Å²) < 4.78 is 17.9. The van der Waals surface area contributed by atoms with E-state index in [1.807, 2.05) is 13.0 Å². The highest BCUT2D eigenvalue weighted by Crippen LogP contribution is 2.23. The van der Waals surface area contributed by atoms with E-state index in [1.165, 1.54) is 6.07 Å². The monoisotopic (exact) mass is 239 g/mol. The zero-order valence-corrected chi connectivity index (χ0v) is 9.46. The lowest BCUT2D eigenvalue weighted by Gasteiger charge is -2.13. The Hall–Kier alpha value is -1.48. The second kappa shape index (κ2) is 4.58. The highest BCUT2D eigenvalue weighted by Gasteiger charge is 2.07. The molecule has 2 aromatic rings. The van der Waals surface area contributed by atoms with Crippen LogP contribution < -0.4 is 5.32 Å². The van der Waals surface area contributed by atoms with Gasteiger partial charge in [0.15, 0.2) is 0 Å². The van der Waals surface area contributed by atoms with Gasteiger partial charge in [0.25, 0.3) is 0 Å². The van der Waals surface area contributed by atoms with Gasteiger partial charge >= 0.3 is 0 Å². The molecule has 84 valence electrons. The fourth-order valence-corrected chi connectivity index (χ4v) is 1.62. The van der Waals surface area contributed by atoms with Crippen LogP contribution in [0.3, 0.4) is 0 Å². The van der Waals surface area contributed by atoms with Crippen LogP contribution in [0, 0.1) is 5.82 Å². The first kappa shape index (κ1) is 11.0. The Balaban J connectivity index is 2.12. The summed E-state index contributed by atoms with van der Waals surface area (Å²) in [6.45, 7) is 1.99. The number of hydrogen-bond donors (Lipinski definition) is 1. The van der Waals surface area contributed by atoms with Gasteiger partial charge in [-0.15, -0.1) is 0 Å². The number of furan rings is 1. The van der Waals surface area contributed by atoms with Crippen LogP contribution in [-0.2, 0) is 0 Å². The van der Waals surface area contributed by atoms with Gasteiger partial charge < -0.3 is 9.73 Å². The Kier molecular flexibility index (Phi) is 3.15. The molecule has 2 rings (SSSR count). The van der Waals surface area contributed by atoms with Gasteiger partial charge in [0, 0.05) is 11.3 Å². The van der Waals surface area contributed by atoms with Crippen LogP contribution in [-0.4, -0.2) is 0 Å². The highest BCUT2D eigenvalue weighted by atomic mass is 35.5. The average Bonchev–Trinajstić information content (AvgIpc) is 2.77. The van der Waals surface area contributed by atoms with E-state index in [0.717, 1.165) is 11.3 Å². The molecule has 1 atom stereocenters. The molecule has 0 fully saturated rings. The van der Waals surface area contributed by atoms with Crippen molar-refractivity contribution < 1.29 is 8.81 Å². The summed E-state index contributed by atoms with van der Waals surface area (Å²) in [4.78, 5) is 0. The quantitative estimate of drug-likeness (QED) is 0.867. The summed E-state index contributed by atoms with van der Waals surface area (Å²) in [5.41, 5.74) is 1.81. The fourth-order valence-electron chi connectivity index (χ4n) is 1.44. The van der Waals surface area contributed by atoms with Crippen molar-refractivity contribution >= 4 is 17.3 Å². The molecule has 16 heavy (non-hydrogen) atoms. The van der Waals surface area contributed by atoms with Crippen molar-refractivity contribution in [2.45, 2.75) is 13.0 Å². The number of halogens is 2. The van der Waals surface area contributed by atoms with Crippen molar-refractivity contribution in [3.8, 4) is 0 Å². The van der Waals surface area contributed by atoms with Crippen molar-refractivity contribution in [1.29, 1.82) is 0 Å². The number of rotatable bonds is 3. The van der Waals surface area contributed by atoms with E-state index in [1.54, 1.807) is 24.7 Å². The maximum absolute atomic E-state index is 12.9. The van der Waals surface area contributed by atoms with E-state index in [9.17, 15) is 4.39 Å². The molecule has 0 aliphatic heterocycles. The first-order valence-electron chi connectivity index (χ1n) is 4.90. The van der Waals surface area contributed by atoms with Gasteiger partial charge in [0.1, 0.15) is 5.82 Å². The van der Waals surface area contributed by atoms with Gasteiger partial charge in [-0.1, -0.05) is 11.6 Å². The van der Waals surface area contributed by atoms with Crippen LogP contribution in [0.5, 0.6) is 0 Å². The number of benzene rings is 1. The molecule has 0 aliphatic carbocycles. The number of anilines is 1. The molecule has 0 bridgehead atoms. The van der Waals surface area contributed by atoms with Gasteiger partial charge in [-0.25, -0.2) is 4.39 Å². The van der Waals surface area contributed by atoms with Crippen molar-refractivity contribution in [2.24, 2.45) is 0 Å². The molecule has 4 heteroatoms. The van der Waals surface area contributed by atoms with Crippen LogP contribution in [0.15, 0.2) is 41.2 Å². The minimum atomic E-state index is -0.414. The lowest BCUT2D eigenvalue weighted by Crippen LogP contribution is -2.05. The van der Waals surface area contributed by atoms with Crippen LogP contribution in [0.25, 0.3) is 0 Å². The molecule has 0 aliphatic rings. The molecule has 1 N–H and O–H groups in total. The molecule has 2 nitrogen and oxygen atoms in total. The SMILES string of the molecule is CC(Nc1ccc(F)c(Cl)c1)c1ccoc1. The summed E-state index contributed by atoms with van der Waals surface area (Å²) in [5, 5.41) is 3.32. The minimum Gasteiger partial charge on any atom is -0.472 e. The predicted octanol–water partition coefficient (Wildman–Crippen LogP) is 4.25. The van der Waals surface area contributed by atoms with Crippen molar-refractivity contribution in [1.82, 2.24) is 0 Å². The Morgan fingerprint density at radius 3 is 2.81 bits per heavy atom. The zero-order chi connectivity index (χ0) is 11.5. The largest absolute Gasteiger partial charge is 0.472 e. The average molecular weight is 240 g/mol. The highest BCUT2D eigenvalue weighted by molar-refractivity contribution is 6.31. The van der Waals surface area contributed by atoms with Gasteiger partial charge in [-0.3, -0.25) is 0 Å². The summed E-state index contributed by atoms with van der Waals surface area (Å²) >= 11 is 5.69. The summed E-state index contributed by atoms with van der Waals surface area (Å²) in [6, 6.07) is 6.51. The molecule has 1 aromatic heterocycles. The van der Waals surface area contributed by atoms with Crippen molar-refractivity contribution in [2.75, 3.05) is 5.32 Å². The third-order valence-electron chi connectivity index (χ3n) is 2.35. The van der Waals surface area contributed by atoms with Gasteiger partial charge in [-0.05, 0) is 31.2 Å². The minimum absolute atomic E-state index is 0.0836. The maximum atomic E-state index is 12.9. The molecule has 0 saturated carbocycles. The topological polar surface area (TPSA) is 25.2 Å². The van der Waals surface area contributed by atoms with Crippen LogP contribution in [0.4, 0.5) is 10.1 Å². The molecular weight excluding hydrogens is 229 g/mol. The molecule has 1 aromatic carbocycles. The molecule has 0 amide bonds. The summed E-state index contributed by atoms with van der Waals surface area (Å²) in [7, 11) is 0. The number of hydrogen-bond acceptors (Lipinski definition) is 2. The second-order valence-electron chi connectivity index (χ2n) is 3.55. The number of nitrogens with one attached hydrogen (secondary N) is 1. The third-order valence-corrected chi connectivity index (χ3v) is 2.64. The summed E-state index contributed by atoms with van der Waals surface area (Å²) in [5.74, 6) is -0.414. The molecule has 0 saturated heterocycles. The first-order valence-corrected chi connectivity index (χ1v) is 5.28. The zero-order valence-electron chi connectivity index (χ0n) is 8.71. The lowest BCUT2D eigenvalue weighted by atomic mass is 10.1. The Morgan fingerprint density at radius 2 is 2.19 bits per heavy atom. The van der Waals surface area contributed by atoms with Crippen molar-refractivity contribution in [3.05, 3.63) is 53.2 Å². The molecule has 0 spiro atoms. The molecule has 0 radical (unpaired) electrons. The van der Waals surface area contributed by atoms with Gasteiger partial charge in [0.2, 0.25) is 0 Å². The van der Waals surface area contributed by atoms with Crippen LogP contribution >= 0.6 is 11.6 Å². The van der Waals surface area contributed by atoms with Gasteiger partial charge in [-0.2, -0.15) is 0 Å². The molecule has 1 heterocycles. The van der Waals surface area contributed by atoms with Crippen LogP contribution in [0.1, 0.15) is 18.5 Å². The standard InChI is InChI=1S/C12H11ClFNO/c1-8(9-4-5-16-7-9)15-10-2-3-12(14)11(13)6-10/h2-8,15H,1H3. The Morgan fingerprint density at radius 1 is 1.38 bits per heavy atom. The Bertz CT molecular complexity index is 470. The van der Waals surface area contributed by atoms with E-state index in [-0.39, 0.29) is 11.1 Å². The normalized spacial score (nSPS) is 12.4. The Labute approximate surface area is 98.0 Å². The molecular formula is C12H11ClFNO. The smallest absolute Gasteiger partial charge is 0.141 e. The van der Waals surface area contributed by atoms with E-state index in [2.05, 4.69) is 5.32 Å². The summed E-state index contributed by atoms with van der Waals surface area (Å²) in [6.07, 6.45) is 3.29. The second-order valence-corrected chi connectivity index (χ2v) is 3.96. The molecule has 1 unspecified atom stereocenters. The first-order chi connectivity index (χ1) is 7.66. The fraction of sp³-hybridized carbons (Fsp3) is 0.167. The predicted molar refractivity (Wildman–Crippen MR) is 62.2 cm³/mol. The van der Waals surface area contributed by atoms with E-state index >= 15 is 0 Å². The van der Waals surface area contributed by atoms with E-state index in [0.29, 0.717) is 0 Å².